The molecule has 1 aliphatic rings. The molecule has 0 spiro atoms. The van der Waals surface area contributed by atoms with Crippen molar-refractivity contribution < 1.29 is 8.83 Å². The van der Waals surface area contributed by atoms with Gasteiger partial charge in [-0.3, -0.25) is 0 Å². The SMILES string of the molecule is Brc1cc2c(c3c1oc1ccccc13)-c1c(cc(Br)c3c1oc1ccccc13)C2(c1ccccc1)c1ccccc1. The first-order valence-electron chi connectivity index (χ1n) is 13.6. The third-order valence-corrected chi connectivity index (χ3v) is 9.89. The van der Waals surface area contributed by atoms with E-state index >= 15 is 0 Å². The third kappa shape index (κ3) is 2.96. The summed E-state index contributed by atoms with van der Waals surface area (Å²) < 4.78 is 15.3. The smallest absolute Gasteiger partial charge is 0.150 e. The Hall–Kier alpha value is -4.12. The highest BCUT2D eigenvalue weighted by Crippen LogP contribution is 2.62. The summed E-state index contributed by atoms with van der Waals surface area (Å²) in [6, 6.07) is 42.9. The largest absolute Gasteiger partial charge is 0.455 e. The van der Waals surface area contributed by atoms with E-state index in [-0.39, 0.29) is 0 Å². The Bertz CT molecular complexity index is 2290. The van der Waals surface area contributed by atoms with Crippen molar-refractivity contribution in [1.29, 1.82) is 0 Å². The predicted molar refractivity (Wildman–Crippen MR) is 174 cm³/mol. The molecule has 0 atom stereocenters. The maximum Gasteiger partial charge on any atom is 0.150 e. The van der Waals surface area contributed by atoms with E-state index in [1.165, 1.54) is 22.3 Å². The van der Waals surface area contributed by atoms with E-state index in [0.29, 0.717) is 0 Å². The number of furan rings is 2. The van der Waals surface area contributed by atoms with Crippen LogP contribution in [0.4, 0.5) is 0 Å². The van der Waals surface area contributed by atoms with Crippen LogP contribution >= 0.6 is 31.9 Å². The molecule has 4 heteroatoms. The van der Waals surface area contributed by atoms with E-state index in [2.05, 4.69) is 135 Å². The Morgan fingerprint density at radius 2 is 0.951 bits per heavy atom. The van der Waals surface area contributed by atoms with Crippen LogP contribution in [0.1, 0.15) is 22.3 Å². The second kappa shape index (κ2) is 8.45. The summed E-state index contributed by atoms with van der Waals surface area (Å²) >= 11 is 7.94. The topological polar surface area (TPSA) is 26.3 Å². The van der Waals surface area contributed by atoms with Gasteiger partial charge in [-0.2, -0.15) is 0 Å². The molecule has 194 valence electrons. The lowest BCUT2D eigenvalue weighted by molar-refractivity contribution is 0.666. The quantitative estimate of drug-likeness (QED) is 0.185. The van der Waals surface area contributed by atoms with Gasteiger partial charge in [0.15, 0.2) is 0 Å². The highest BCUT2D eigenvalue weighted by Gasteiger charge is 2.49. The highest BCUT2D eigenvalue weighted by molar-refractivity contribution is 9.11. The molecule has 0 saturated heterocycles. The van der Waals surface area contributed by atoms with Crippen LogP contribution < -0.4 is 0 Å². The maximum absolute atomic E-state index is 6.79. The average molecular weight is 656 g/mol. The molecule has 0 bridgehead atoms. The van der Waals surface area contributed by atoms with Crippen LogP contribution in [0.5, 0.6) is 0 Å². The van der Waals surface area contributed by atoms with Crippen molar-refractivity contribution in [2.24, 2.45) is 0 Å². The van der Waals surface area contributed by atoms with Crippen LogP contribution in [0, 0.1) is 0 Å². The minimum Gasteiger partial charge on any atom is -0.455 e. The van der Waals surface area contributed by atoms with Crippen LogP contribution in [0.25, 0.3) is 55.0 Å². The molecule has 1 aliphatic carbocycles. The summed E-state index contributed by atoms with van der Waals surface area (Å²) in [4.78, 5) is 0. The zero-order valence-electron chi connectivity index (χ0n) is 21.6. The standard InChI is InChI=1S/C37H20Br2O2/c38-27-19-26-34(36-31(27)23-15-7-9-17-29(23)41-36)33-25(20-28(39)35-32(33)24-16-8-10-18-30(24)40-35)37(26,21-11-3-1-4-12-21)22-13-5-2-6-14-22/h1-20H. The molecule has 6 aromatic carbocycles. The minimum absolute atomic E-state index is 0.585. The van der Waals surface area contributed by atoms with Crippen LogP contribution in [-0.4, -0.2) is 0 Å². The van der Waals surface area contributed by atoms with Gasteiger partial charge in [-0.25, -0.2) is 0 Å². The Morgan fingerprint density at radius 3 is 1.59 bits per heavy atom. The zero-order chi connectivity index (χ0) is 27.3. The van der Waals surface area contributed by atoms with Gasteiger partial charge in [-0.05, 0) is 62.4 Å². The number of hydrogen-bond acceptors (Lipinski definition) is 2. The second-order valence-corrected chi connectivity index (χ2v) is 12.4. The van der Waals surface area contributed by atoms with Gasteiger partial charge >= 0.3 is 0 Å². The van der Waals surface area contributed by atoms with Crippen LogP contribution in [0.2, 0.25) is 0 Å². The summed E-state index contributed by atoms with van der Waals surface area (Å²) in [6.45, 7) is 0. The van der Waals surface area contributed by atoms with Gasteiger partial charge in [-0.1, -0.05) is 113 Å². The first kappa shape index (κ1) is 23.6. The zero-order valence-corrected chi connectivity index (χ0v) is 24.8. The van der Waals surface area contributed by atoms with E-state index in [4.69, 9.17) is 8.83 Å². The number of benzene rings is 6. The molecule has 0 radical (unpaired) electrons. The Morgan fingerprint density at radius 1 is 0.463 bits per heavy atom. The van der Waals surface area contributed by atoms with E-state index < -0.39 is 5.41 Å². The van der Waals surface area contributed by atoms with Crippen molar-refractivity contribution in [3.8, 4) is 11.1 Å². The second-order valence-electron chi connectivity index (χ2n) is 10.6. The van der Waals surface area contributed by atoms with Crippen LogP contribution in [-0.2, 0) is 5.41 Å². The van der Waals surface area contributed by atoms with Crippen LogP contribution in [0.15, 0.2) is 139 Å². The minimum atomic E-state index is -0.585. The van der Waals surface area contributed by atoms with Gasteiger partial charge in [0.25, 0.3) is 0 Å². The van der Waals surface area contributed by atoms with Crippen molar-refractivity contribution in [2.45, 2.75) is 5.41 Å². The lowest BCUT2D eigenvalue weighted by atomic mass is 9.67. The number of para-hydroxylation sites is 2. The summed E-state index contributed by atoms with van der Waals surface area (Å²) in [5.41, 5.74) is 9.97. The fraction of sp³-hybridized carbons (Fsp3) is 0.0270. The molecule has 0 amide bonds. The summed E-state index contributed by atoms with van der Waals surface area (Å²) in [5, 5.41) is 4.38. The average Bonchev–Trinajstić information content (AvgIpc) is 3.67. The first-order valence-corrected chi connectivity index (χ1v) is 15.2. The lowest BCUT2D eigenvalue weighted by Crippen LogP contribution is -2.28. The molecule has 2 heterocycles. The molecular formula is C37H20Br2O2. The highest BCUT2D eigenvalue weighted by atomic mass is 79.9. The maximum atomic E-state index is 6.79. The van der Waals surface area contributed by atoms with Crippen LogP contribution in [0.3, 0.4) is 0 Å². The van der Waals surface area contributed by atoms with Crippen molar-refractivity contribution in [3.05, 3.63) is 153 Å². The molecule has 0 N–H and O–H groups in total. The number of hydrogen-bond donors (Lipinski definition) is 0. The Balaban J connectivity index is 1.61. The van der Waals surface area contributed by atoms with E-state index in [1.807, 2.05) is 18.2 Å². The molecule has 8 aromatic rings. The van der Waals surface area contributed by atoms with Gasteiger partial charge in [0.1, 0.15) is 22.3 Å². The number of rotatable bonds is 2. The van der Waals surface area contributed by atoms with E-state index in [0.717, 1.165) is 63.9 Å². The molecule has 2 aromatic heterocycles. The molecule has 0 unspecified atom stereocenters. The lowest BCUT2D eigenvalue weighted by Gasteiger charge is -2.34. The molecule has 9 rings (SSSR count). The Labute approximate surface area is 252 Å². The van der Waals surface area contributed by atoms with Gasteiger partial charge in [0, 0.05) is 37.1 Å². The molecular weight excluding hydrogens is 636 g/mol. The van der Waals surface area contributed by atoms with E-state index in [1.54, 1.807) is 0 Å². The number of halogens is 2. The normalized spacial score (nSPS) is 13.8. The van der Waals surface area contributed by atoms with Gasteiger partial charge < -0.3 is 8.83 Å². The molecule has 41 heavy (non-hydrogen) atoms. The van der Waals surface area contributed by atoms with Gasteiger partial charge in [0.05, 0.1) is 9.89 Å². The fourth-order valence-electron chi connectivity index (χ4n) is 7.12. The van der Waals surface area contributed by atoms with Gasteiger partial charge in [0.2, 0.25) is 0 Å². The summed E-state index contributed by atoms with van der Waals surface area (Å²) in [6.07, 6.45) is 0. The van der Waals surface area contributed by atoms with Crippen molar-refractivity contribution in [1.82, 2.24) is 0 Å². The first-order chi connectivity index (χ1) is 20.2. The van der Waals surface area contributed by atoms with Gasteiger partial charge in [-0.15, -0.1) is 0 Å². The van der Waals surface area contributed by atoms with E-state index in [9.17, 15) is 0 Å². The van der Waals surface area contributed by atoms with Crippen molar-refractivity contribution in [2.75, 3.05) is 0 Å². The Kier molecular flexibility index (Phi) is 4.86. The third-order valence-electron chi connectivity index (χ3n) is 8.68. The number of fused-ring (bicyclic) bond motifs is 11. The van der Waals surface area contributed by atoms with Crippen molar-refractivity contribution in [3.63, 3.8) is 0 Å². The van der Waals surface area contributed by atoms with Crippen molar-refractivity contribution >= 4 is 75.7 Å². The monoisotopic (exact) mass is 654 g/mol. The molecule has 0 fully saturated rings. The molecule has 2 nitrogen and oxygen atoms in total. The summed E-state index contributed by atoms with van der Waals surface area (Å²) in [5.74, 6) is 0. The predicted octanol–water partition coefficient (Wildman–Crippen LogP) is 11.4. The molecule has 0 saturated carbocycles. The fourth-order valence-corrected chi connectivity index (χ4v) is 8.25. The summed E-state index contributed by atoms with van der Waals surface area (Å²) in [7, 11) is 0. The molecule has 0 aliphatic heterocycles.